The molecule has 0 amide bonds. The Balaban J connectivity index is 3.91. The molecule has 0 aliphatic carbocycles. The lowest BCUT2D eigenvalue weighted by molar-refractivity contribution is 0.280. The van der Waals surface area contributed by atoms with Crippen LogP contribution in [0.5, 0.6) is 0 Å². The maximum atomic E-state index is 9.42. The van der Waals surface area contributed by atoms with Crippen LogP contribution in [0.2, 0.25) is 0 Å². The summed E-state index contributed by atoms with van der Waals surface area (Å²) in [5.74, 6) is 9.94. The third-order valence-electron chi connectivity index (χ3n) is 2.02. The predicted molar refractivity (Wildman–Crippen MR) is 71.0 cm³/mol. The normalized spacial score (nSPS) is 13.1. The topological polar surface area (TPSA) is 40.5 Å². The van der Waals surface area contributed by atoms with Crippen LogP contribution in [-0.4, -0.2) is 22.4 Å². The molecule has 92 valence electrons. The molecular weight excluding hydrogens is 212 g/mol. The van der Waals surface area contributed by atoms with Crippen molar-refractivity contribution in [2.24, 2.45) is 0 Å². The number of allylic oxidation sites excluding steroid dienone is 1. The molecule has 0 saturated heterocycles. The van der Waals surface area contributed by atoms with Gasteiger partial charge in [0, 0.05) is 0 Å². The van der Waals surface area contributed by atoms with Crippen molar-refractivity contribution in [1.29, 1.82) is 0 Å². The highest BCUT2D eigenvalue weighted by Crippen LogP contribution is 2.00. The fourth-order valence-electron chi connectivity index (χ4n) is 1.06. The lowest BCUT2D eigenvalue weighted by atomic mass is 10.2. The summed E-state index contributed by atoms with van der Waals surface area (Å²) in [6.07, 6.45) is 7.77. The first-order valence-electron chi connectivity index (χ1n) is 5.87. The van der Waals surface area contributed by atoms with Gasteiger partial charge in [-0.05, 0) is 30.8 Å². The van der Waals surface area contributed by atoms with E-state index in [-0.39, 0.29) is 0 Å². The standard InChI is InChI=1S/C15H20O2/c1-3-5-6-7-8-12-15(17)13-10-9-11-14(16)4-2/h4,8,12,14-17H,2-3,5-7H2,1H3/b12-8-/t14-,15+/m0/s1. The van der Waals surface area contributed by atoms with Crippen molar-refractivity contribution in [3.63, 3.8) is 0 Å². The van der Waals surface area contributed by atoms with E-state index in [1.54, 1.807) is 6.08 Å². The van der Waals surface area contributed by atoms with Crippen molar-refractivity contribution >= 4 is 0 Å². The molecule has 0 rings (SSSR count). The minimum atomic E-state index is -0.856. The first-order chi connectivity index (χ1) is 8.20. The van der Waals surface area contributed by atoms with E-state index in [1.807, 2.05) is 6.08 Å². The van der Waals surface area contributed by atoms with E-state index in [1.165, 1.54) is 18.9 Å². The maximum Gasteiger partial charge on any atom is 0.134 e. The van der Waals surface area contributed by atoms with Gasteiger partial charge in [0.1, 0.15) is 12.2 Å². The Bertz CT molecular complexity index is 347. The van der Waals surface area contributed by atoms with Crippen molar-refractivity contribution in [3.8, 4) is 23.7 Å². The smallest absolute Gasteiger partial charge is 0.134 e. The quantitative estimate of drug-likeness (QED) is 0.418. The van der Waals surface area contributed by atoms with Gasteiger partial charge >= 0.3 is 0 Å². The molecule has 0 spiro atoms. The van der Waals surface area contributed by atoms with E-state index in [4.69, 9.17) is 5.11 Å². The number of rotatable bonds is 6. The lowest BCUT2D eigenvalue weighted by Gasteiger charge is -1.94. The Morgan fingerprint density at radius 2 is 1.76 bits per heavy atom. The van der Waals surface area contributed by atoms with Crippen molar-refractivity contribution in [2.45, 2.75) is 44.8 Å². The zero-order chi connectivity index (χ0) is 12.9. The molecule has 2 N–H and O–H groups in total. The molecule has 2 nitrogen and oxygen atoms in total. The van der Waals surface area contributed by atoms with Crippen LogP contribution in [0.25, 0.3) is 0 Å². The summed E-state index contributed by atoms with van der Waals surface area (Å²) < 4.78 is 0. The predicted octanol–water partition coefficient (Wildman–Crippen LogP) is 2.04. The summed E-state index contributed by atoms with van der Waals surface area (Å²) in [6.45, 7) is 5.53. The van der Waals surface area contributed by atoms with Gasteiger partial charge in [-0.25, -0.2) is 0 Å². The molecule has 0 aromatic heterocycles. The third-order valence-corrected chi connectivity index (χ3v) is 2.02. The van der Waals surface area contributed by atoms with Gasteiger partial charge in [0.2, 0.25) is 0 Å². The van der Waals surface area contributed by atoms with Gasteiger partial charge in [-0.1, -0.05) is 50.3 Å². The fourth-order valence-corrected chi connectivity index (χ4v) is 1.06. The van der Waals surface area contributed by atoms with Gasteiger partial charge in [-0.2, -0.15) is 0 Å². The summed E-state index contributed by atoms with van der Waals surface area (Å²) >= 11 is 0. The van der Waals surface area contributed by atoms with Crippen LogP contribution in [0.1, 0.15) is 32.6 Å². The highest BCUT2D eigenvalue weighted by molar-refractivity contribution is 5.31. The van der Waals surface area contributed by atoms with Gasteiger partial charge in [-0.15, -0.1) is 0 Å². The summed E-state index contributed by atoms with van der Waals surface area (Å²) in [7, 11) is 0. The van der Waals surface area contributed by atoms with E-state index >= 15 is 0 Å². The average molecular weight is 232 g/mol. The van der Waals surface area contributed by atoms with Gasteiger partial charge < -0.3 is 10.2 Å². The van der Waals surface area contributed by atoms with Crippen LogP contribution in [0.4, 0.5) is 0 Å². The van der Waals surface area contributed by atoms with Crippen LogP contribution in [0.15, 0.2) is 24.8 Å². The van der Waals surface area contributed by atoms with Crippen molar-refractivity contribution in [1.82, 2.24) is 0 Å². The van der Waals surface area contributed by atoms with Crippen LogP contribution < -0.4 is 0 Å². The van der Waals surface area contributed by atoms with Crippen LogP contribution >= 0.6 is 0 Å². The molecule has 0 fully saturated rings. The first-order valence-corrected chi connectivity index (χ1v) is 5.87. The zero-order valence-corrected chi connectivity index (χ0v) is 10.3. The lowest BCUT2D eigenvalue weighted by Crippen LogP contribution is -1.97. The van der Waals surface area contributed by atoms with Gasteiger partial charge in [0.25, 0.3) is 0 Å². The number of aliphatic hydroxyl groups is 2. The SMILES string of the molecule is C=C[C@H](O)C#CC#C[C@H](O)/C=C\CCCCC. The summed E-state index contributed by atoms with van der Waals surface area (Å²) in [5.41, 5.74) is 0. The Morgan fingerprint density at radius 1 is 1.12 bits per heavy atom. The van der Waals surface area contributed by atoms with Crippen LogP contribution in [0.3, 0.4) is 0 Å². The first kappa shape index (κ1) is 15.5. The summed E-state index contributed by atoms with van der Waals surface area (Å²) in [6, 6.07) is 0. The molecule has 0 aliphatic heterocycles. The van der Waals surface area contributed by atoms with E-state index in [9.17, 15) is 5.11 Å². The van der Waals surface area contributed by atoms with E-state index in [2.05, 4.69) is 37.2 Å². The number of hydrogen-bond donors (Lipinski definition) is 2. The highest BCUT2D eigenvalue weighted by Gasteiger charge is 1.89. The molecule has 2 heteroatoms. The molecule has 0 unspecified atom stereocenters. The monoisotopic (exact) mass is 232 g/mol. The number of unbranched alkanes of at least 4 members (excludes halogenated alkanes) is 3. The van der Waals surface area contributed by atoms with E-state index in [0.717, 1.165) is 12.8 Å². The van der Waals surface area contributed by atoms with Gasteiger partial charge in [0.15, 0.2) is 0 Å². The van der Waals surface area contributed by atoms with Gasteiger partial charge in [0.05, 0.1) is 0 Å². The third kappa shape index (κ3) is 10.8. The zero-order valence-electron chi connectivity index (χ0n) is 10.3. The Labute approximate surface area is 104 Å². The van der Waals surface area contributed by atoms with E-state index < -0.39 is 12.2 Å². The molecule has 0 bridgehead atoms. The molecule has 0 aromatic rings. The molecule has 0 saturated carbocycles. The maximum absolute atomic E-state index is 9.42. The summed E-state index contributed by atoms with van der Waals surface area (Å²) in [4.78, 5) is 0. The second-order valence-corrected chi connectivity index (χ2v) is 3.59. The molecule has 0 aromatic carbocycles. The minimum Gasteiger partial charge on any atom is -0.377 e. The Hall–Kier alpha value is -1.48. The van der Waals surface area contributed by atoms with E-state index in [0.29, 0.717) is 0 Å². The minimum absolute atomic E-state index is 0.785. The van der Waals surface area contributed by atoms with Crippen LogP contribution in [0, 0.1) is 23.7 Å². The largest absolute Gasteiger partial charge is 0.377 e. The molecule has 0 radical (unpaired) electrons. The molecular formula is C15H20O2. The van der Waals surface area contributed by atoms with Gasteiger partial charge in [-0.3, -0.25) is 0 Å². The number of aliphatic hydroxyl groups excluding tert-OH is 2. The van der Waals surface area contributed by atoms with Crippen molar-refractivity contribution in [2.75, 3.05) is 0 Å². The second-order valence-electron chi connectivity index (χ2n) is 3.59. The number of hydrogen-bond acceptors (Lipinski definition) is 2. The fraction of sp³-hybridized carbons (Fsp3) is 0.467. The van der Waals surface area contributed by atoms with Crippen molar-refractivity contribution < 1.29 is 10.2 Å². The van der Waals surface area contributed by atoms with Crippen molar-refractivity contribution in [3.05, 3.63) is 24.8 Å². The molecule has 17 heavy (non-hydrogen) atoms. The Kier molecular flexibility index (Phi) is 10.1. The highest BCUT2D eigenvalue weighted by atomic mass is 16.3. The summed E-state index contributed by atoms with van der Waals surface area (Å²) in [5, 5.41) is 18.4. The Morgan fingerprint density at radius 3 is 2.35 bits per heavy atom. The molecule has 0 aliphatic rings. The molecule has 0 heterocycles. The second kappa shape index (κ2) is 11.0. The average Bonchev–Trinajstić information content (AvgIpc) is 2.34. The van der Waals surface area contributed by atoms with Crippen LogP contribution in [-0.2, 0) is 0 Å². The molecule has 2 atom stereocenters.